The first-order valence-corrected chi connectivity index (χ1v) is 7.44. The Hall–Kier alpha value is -3.75. The van der Waals surface area contributed by atoms with Gasteiger partial charge in [0.2, 0.25) is 0 Å². The molecule has 9 heteroatoms. The molecule has 0 bridgehead atoms. The molecule has 0 saturated carbocycles. The van der Waals surface area contributed by atoms with Gasteiger partial charge in [0, 0.05) is 6.07 Å². The Kier molecular flexibility index (Phi) is 4.88. The molecule has 0 aliphatic rings. The molecular formula is C17H15N3O6. The van der Waals surface area contributed by atoms with Gasteiger partial charge in [-0.05, 0) is 24.3 Å². The minimum Gasteiger partial charge on any atom is -0.497 e. The Morgan fingerprint density at radius 3 is 2.58 bits per heavy atom. The molecule has 3 aromatic rings. The highest BCUT2D eigenvalue weighted by Gasteiger charge is 2.17. The Morgan fingerprint density at radius 1 is 1.04 bits per heavy atom. The second-order valence-electron chi connectivity index (χ2n) is 4.99. The average Bonchev–Trinajstić information content (AvgIpc) is 3.34. The fraction of sp³-hybridized carbons (Fsp3) is 0.118. The summed E-state index contributed by atoms with van der Waals surface area (Å²) in [5, 5.41) is 5.04. The summed E-state index contributed by atoms with van der Waals surface area (Å²) >= 11 is 0. The van der Waals surface area contributed by atoms with Crippen LogP contribution in [0.2, 0.25) is 0 Å². The highest BCUT2D eigenvalue weighted by Crippen LogP contribution is 2.29. The summed E-state index contributed by atoms with van der Waals surface area (Å²) in [7, 11) is 3.00. The van der Waals surface area contributed by atoms with Crippen molar-refractivity contribution < 1.29 is 27.9 Å². The number of benzene rings is 1. The molecule has 2 amide bonds. The van der Waals surface area contributed by atoms with Gasteiger partial charge in [-0.25, -0.2) is 0 Å². The van der Waals surface area contributed by atoms with Crippen molar-refractivity contribution >= 4 is 23.5 Å². The standard InChI is InChI=1S/C17H15N3O6/c1-23-10-5-6-11(14(8-10)24-2)18-15(21)12-9-26-17(19-12)20-16(22)13-4-3-7-25-13/h3-9H,1-2H3,(H,18,21)(H,19,20,22). The van der Waals surface area contributed by atoms with Crippen molar-refractivity contribution in [2.24, 2.45) is 0 Å². The molecule has 0 atom stereocenters. The maximum atomic E-state index is 12.3. The van der Waals surface area contributed by atoms with Gasteiger partial charge in [0.15, 0.2) is 11.5 Å². The molecule has 0 aliphatic heterocycles. The number of nitrogens with zero attached hydrogens (tertiary/aromatic N) is 1. The van der Waals surface area contributed by atoms with E-state index >= 15 is 0 Å². The first kappa shape index (κ1) is 17.1. The van der Waals surface area contributed by atoms with E-state index < -0.39 is 11.8 Å². The van der Waals surface area contributed by atoms with Crippen LogP contribution in [0.1, 0.15) is 21.0 Å². The first-order chi connectivity index (χ1) is 12.6. The molecule has 2 N–H and O–H groups in total. The third kappa shape index (κ3) is 3.66. The highest BCUT2D eigenvalue weighted by atomic mass is 16.5. The molecule has 0 aliphatic carbocycles. The molecule has 0 spiro atoms. The lowest BCUT2D eigenvalue weighted by atomic mass is 10.2. The predicted octanol–water partition coefficient (Wildman–Crippen LogP) is 2.79. The smallest absolute Gasteiger partial charge is 0.302 e. The van der Waals surface area contributed by atoms with Crippen molar-refractivity contribution in [2.75, 3.05) is 24.9 Å². The topological polar surface area (TPSA) is 116 Å². The molecule has 2 aromatic heterocycles. The van der Waals surface area contributed by atoms with E-state index in [1.807, 2.05) is 0 Å². The predicted molar refractivity (Wildman–Crippen MR) is 90.7 cm³/mol. The van der Waals surface area contributed by atoms with Gasteiger partial charge in [-0.15, -0.1) is 0 Å². The van der Waals surface area contributed by atoms with Gasteiger partial charge in [0.1, 0.15) is 17.8 Å². The zero-order valence-corrected chi connectivity index (χ0v) is 13.9. The van der Waals surface area contributed by atoms with Crippen LogP contribution in [0.25, 0.3) is 0 Å². The SMILES string of the molecule is COc1ccc(NC(=O)c2coc(NC(=O)c3ccco3)n2)c(OC)c1. The van der Waals surface area contributed by atoms with Crippen LogP contribution in [-0.4, -0.2) is 31.0 Å². The summed E-state index contributed by atoms with van der Waals surface area (Å²) in [4.78, 5) is 28.1. The number of hydrogen-bond donors (Lipinski definition) is 2. The van der Waals surface area contributed by atoms with Crippen LogP contribution in [0.3, 0.4) is 0 Å². The fourth-order valence-corrected chi connectivity index (χ4v) is 2.09. The molecule has 0 saturated heterocycles. The van der Waals surface area contributed by atoms with Gasteiger partial charge in [-0.3, -0.25) is 14.9 Å². The van der Waals surface area contributed by atoms with Crippen molar-refractivity contribution in [3.63, 3.8) is 0 Å². The number of amides is 2. The lowest BCUT2D eigenvalue weighted by Crippen LogP contribution is -2.14. The van der Waals surface area contributed by atoms with Gasteiger partial charge in [-0.1, -0.05) is 0 Å². The van der Waals surface area contributed by atoms with Gasteiger partial charge in [0.25, 0.3) is 11.8 Å². The van der Waals surface area contributed by atoms with Crippen LogP contribution in [0, 0.1) is 0 Å². The number of nitrogens with one attached hydrogen (secondary N) is 2. The number of hydrogen-bond acceptors (Lipinski definition) is 7. The summed E-state index contributed by atoms with van der Waals surface area (Å²) in [6, 6.07) is 7.88. The number of oxazole rings is 1. The number of rotatable bonds is 6. The van der Waals surface area contributed by atoms with E-state index in [0.29, 0.717) is 17.2 Å². The van der Waals surface area contributed by atoms with E-state index in [1.54, 1.807) is 24.3 Å². The summed E-state index contributed by atoms with van der Waals surface area (Å²) in [5.41, 5.74) is 0.417. The van der Waals surface area contributed by atoms with Gasteiger partial charge < -0.3 is 23.6 Å². The van der Waals surface area contributed by atoms with Crippen molar-refractivity contribution in [1.29, 1.82) is 0 Å². The van der Waals surface area contributed by atoms with Crippen molar-refractivity contribution in [3.8, 4) is 11.5 Å². The molecule has 9 nitrogen and oxygen atoms in total. The number of methoxy groups -OCH3 is 2. The van der Waals surface area contributed by atoms with E-state index in [4.69, 9.17) is 18.3 Å². The quantitative estimate of drug-likeness (QED) is 0.697. The average molecular weight is 357 g/mol. The van der Waals surface area contributed by atoms with Crippen LogP contribution < -0.4 is 20.1 Å². The van der Waals surface area contributed by atoms with Crippen molar-refractivity contribution in [1.82, 2.24) is 4.98 Å². The van der Waals surface area contributed by atoms with Crippen molar-refractivity contribution in [3.05, 3.63) is 54.3 Å². The molecule has 0 radical (unpaired) electrons. The lowest BCUT2D eigenvalue weighted by molar-refractivity contribution is 0.0990. The van der Waals surface area contributed by atoms with E-state index in [0.717, 1.165) is 6.26 Å². The highest BCUT2D eigenvalue weighted by molar-refractivity contribution is 6.04. The van der Waals surface area contributed by atoms with Gasteiger partial charge in [-0.2, -0.15) is 4.98 Å². The number of ether oxygens (including phenoxy) is 2. The van der Waals surface area contributed by atoms with E-state index in [-0.39, 0.29) is 17.5 Å². The summed E-state index contributed by atoms with van der Waals surface area (Å²) in [5.74, 6) is 0.0327. The monoisotopic (exact) mass is 357 g/mol. The minimum atomic E-state index is -0.541. The second-order valence-corrected chi connectivity index (χ2v) is 4.99. The number of anilines is 2. The maximum Gasteiger partial charge on any atom is 0.302 e. The molecule has 0 unspecified atom stereocenters. The van der Waals surface area contributed by atoms with Crippen LogP contribution in [0.5, 0.6) is 11.5 Å². The van der Waals surface area contributed by atoms with Crippen LogP contribution >= 0.6 is 0 Å². The molecule has 26 heavy (non-hydrogen) atoms. The number of aromatic nitrogens is 1. The van der Waals surface area contributed by atoms with Gasteiger partial charge >= 0.3 is 6.01 Å². The number of carbonyl (C=O) groups excluding carboxylic acids is 2. The zero-order chi connectivity index (χ0) is 18.5. The van der Waals surface area contributed by atoms with E-state index in [1.165, 1.54) is 26.5 Å². The summed E-state index contributed by atoms with van der Waals surface area (Å²) < 4.78 is 20.4. The molecule has 2 heterocycles. The molecule has 134 valence electrons. The fourth-order valence-electron chi connectivity index (χ4n) is 2.09. The maximum absolute atomic E-state index is 12.3. The van der Waals surface area contributed by atoms with Crippen LogP contribution in [0.4, 0.5) is 11.7 Å². The summed E-state index contributed by atoms with van der Waals surface area (Å²) in [6.45, 7) is 0. The minimum absolute atomic E-state index is 0.0161. The Morgan fingerprint density at radius 2 is 1.88 bits per heavy atom. The Labute approximate surface area is 147 Å². The normalized spacial score (nSPS) is 10.2. The third-order valence-electron chi connectivity index (χ3n) is 3.36. The largest absolute Gasteiger partial charge is 0.497 e. The van der Waals surface area contributed by atoms with E-state index in [2.05, 4.69) is 15.6 Å². The lowest BCUT2D eigenvalue weighted by Gasteiger charge is -2.10. The Balaban J connectivity index is 1.69. The molecule has 0 fully saturated rings. The van der Waals surface area contributed by atoms with Gasteiger partial charge in [0.05, 0.1) is 26.2 Å². The molecule has 1 aromatic carbocycles. The van der Waals surface area contributed by atoms with E-state index in [9.17, 15) is 9.59 Å². The number of furan rings is 1. The second kappa shape index (κ2) is 7.43. The van der Waals surface area contributed by atoms with Crippen LogP contribution in [-0.2, 0) is 0 Å². The molecular weight excluding hydrogens is 342 g/mol. The third-order valence-corrected chi connectivity index (χ3v) is 3.36. The first-order valence-electron chi connectivity index (χ1n) is 7.44. The summed E-state index contributed by atoms with van der Waals surface area (Å²) in [6.07, 6.45) is 2.49. The molecule has 3 rings (SSSR count). The Bertz CT molecular complexity index is 916. The zero-order valence-electron chi connectivity index (χ0n) is 13.9. The van der Waals surface area contributed by atoms with Crippen LogP contribution in [0.15, 0.2) is 51.7 Å². The van der Waals surface area contributed by atoms with Crippen molar-refractivity contribution in [2.45, 2.75) is 0 Å². The number of carbonyl (C=O) groups is 2.